The van der Waals surface area contributed by atoms with E-state index >= 15 is 0 Å². The van der Waals surface area contributed by atoms with Crippen molar-refractivity contribution in [2.45, 2.75) is 51.7 Å². The highest BCUT2D eigenvalue weighted by atomic mass is 16.6. The summed E-state index contributed by atoms with van der Waals surface area (Å²) >= 11 is 0. The van der Waals surface area contributed by atoms with Gasteiger partial charge in [-0.2, -0.15) is 0 Å². The topological polar surface area (TPSA) is 98.5 Å². The lowest BCUT2D eigenvalue weighted by molar-refractivity contribution is -0.384. The van der Waals surface area contributed by atoms with Gasteiger partial charge in [-0.1, -0.05) is 19.8 Å². The van der Waals surface area contributed by atoms with Crippen molar-refractivity contribution in [1.82, 2.24) is 5.32 Å². The Hall–Kier alpha value is -2.44. The fraction of sp³-hybridized carbons (Fsp3) is 0.529. The van der Waals surface area contributed by atoms with E-state index in [1.165, 1.54) is 37.6 Å². The maximum absolute atomic E-state index is 12.2. The molecule has 24 heavy (non-hydrogen) atoms. The summed E-state index contributed by atoms with van der Waals surface area (Å²) in [4.78, 5) is 34.3. The van der Waals surface area contributed by atoms with Crippen LogP contribution >= 0.6 is 0 Å². The minimum absolute atomic E-state index is 0.108. The third kappa shape index (κ3) is 4.53. The quantitative estimate of drug-likeness (QED) is 0.507. The molecule has 0 saturated heterocycles. The number of amides is 1. The Labute approximate surface area is 140 Å². The first-order valence-corrected chi connectivity index (χ1v) is 8.14. The van der Waals surface area contributed by atoms with E-state index in [0.717, 1.165) is 19.3 Å². The molecule has 1 amide bonds. The van der Waals surface area contributed by atoms with Gasteiger partial charge in [0.1, 0.15) is 0 Å². The summed E-state index contributed by atoms with van der Waals surface area (Å²) in [6, 6.07) is 5.20. The molecule has 1 saturated carbocycles. The van der Waals surface area contributed by atoms with Gasteiger partial charge in [-0.3, -0.25) is 14.9 Å². The molecule has 0 aliphatic heterocycles. The number of hydrogen-bond donors (Lipinski definition) is 1. The zero-order valence-electron chi connectivity index (χ0n) is 13.9. The number of carbonyl (C=O) groups is 2. The fourth-order valence-electron chi connectivity index (χ4n) is 2.83. The maximum atomic E-state index is 12.2. The predicted molar refractivity (Wildman–Crippen MR) is 87.5 cm³/mol. The number of esters is 1. The Morgan fingerprint density at radius 3 is 2.46 bits per heavy atom. The van der Waals surface area contributed by atoms with Crippen molar-refractivity contribution in [3.8, 4) is 0 Å². The largest absolute Gasteiger partial charge is 0.449 e. The molecule has 7 heteroatoms. The predicted octanol–water partition coefficient (Wildman–Crippen LogP) is 2.84. The average molecular weight is 334 g/mol. The van der Waals surface area contributed by atoms with Crippen molar-refractivity contribution in [1.29, 1.82) is 0 Å². The summed E-state index contributed by atoms with van der Waals surface area (Å²) in [6.45, 7) is 3.63. The van der Waals surface area contributed by atoms with Gasteiger partial charge >= 0.3 is 5.97 Å². The standard InChI is InChI=1S/C17H22N2O5/c1-11-5-3-4-6-15(11)18-16(20)12(2)24-17(21)13-7-9-14(10-8-13)19(22)23/h7-12,15H,3-6H2,1-2H3,(H,18,20)/t11-,12-,15+/m1/s1. The summed E-state index contributed by atoms with van der Waals surface area (Å²) in [7, 11) is 0. The minimum Gasteiger partial charge on any atom is -0.449 e. The van der Waals surface area contributed by atoms with E-state index in [4.69, 9.17) is 4.74 Å². The highest BCUT2D eigenvalue weighted by molar-refractivity contribution is 5.92. The summed E-state index contributed by atoms with van der Waals surface area (Å²) in [5.41, 5.74) is 0.0647. The van der Waals surface area contributed by atoms with Crippen molar-refractivity contribution in [2.75, 3.05) is 0 Å². The first-order chi connectivity index (χ1) is 11.4. The Morgan fingerprint density at radius 2 is 1.88 bits per heavy atom. The van der Waals surface area contributed by atoms with Gasteiger partial charge in [-0.15, -0.1) is 0 Å². The molecule has 2 rings (SSSR count). The van der Waals surface area contributed by atoms with Gasteiger partial charge in [0.2, 0.25) is 0 Å². The molecule has 1 aliphatic carbocycles. The molecule has 0 aromatic heterocycles. The van der Waals surface area contributed by atoms with E-state index in [0.29, 0.717) is 5.92 Å². The van der Waals surface area contributed by atoms with Gasteiger partial charge < -0.3 is 10.1 Å². The second kappa shape index (κ2) is 7.90. The van der Waals surface area contributed by atoms with Crippen LogP contribution in [-0.2, 0) is 9.53 Å². The Morgan fingerprint density at radius 1 is 1.25 bits per heavy atom. The van der Waals surface area contributed by atoms with Crippen LogP contribution in [0.15, 0.2) is 24.3 Å². The van der Waals surface area contributed by atoms with Crippen LogP contribution in [0, 0.1) is 16.0 Å². The number of non-ortho nitro benzene ring substituents is 1. The number of carbonyl (C=O) groups excluding carboxylic acids is 2. The van der Waals surface area contributed by atoms with Crippen LogP contribution in [0.1, 0.15) is 49.9 Å². The SMILES string of the molecule is C[C@@H]1CCCC[C@@H]1NC(=O)[C@@H](C)OC(=O)c1ccc([N+](=O)[O-])cc1. The number of ether oxygens (including phenoxy) is 1. The van der Waals surface area contributed by atoms with Crippen LogP contribution < -0.4 is 5.32 Å². The molecule has 0 unspecified atom stereocenters. The molecule has 1 aromatic carbocycles. The van der Waals surface area contributed by atoms with Crippen LogP contribution in [0.4, 0.5) is 5.69 Å². The van der Waals surface area contributed by atoms with E-state index in [2.05, 4.69) is 12.2 Å². The number of nitro groups is 1. The molecule has 0 bridgehead atoms. The lowest BCUT2D eigenvalue weighted by atomic mass is 9.86. The van der Waals surface area contributed by atoms with Crippen LogP contribution in [-0.4, -0.2) is 28.9 Å². The molecule has 1 N–H and O–H groups in total. The zero-order valence-corrected chi connectivity index (χ0v) is 13.9. The molecule has 0 spiro atoms. The summed E-state index contributed by atoms with van der Waals surface area (Å²) in [5.74, 6) is -0.575. The van der Waals surface area contributed by atoms with Gasteiger partial charge in [-0.25, -0.2) is 4.79 Å². The molecule has 1 fully saturated rings. The molecular weight excluding hydrogens is 312 g/mol. The van der Waals surface area contributed by atoms with Crippen molar-refractivity contribution in [3.05, 3.63) is 39.9 Å². The molecule has 0 radical (unpaired) electrons. The lowest BCUT2D eigenvalue weighted by Crippen LogP contribution is -2.45. The van der Waals surface area contributed by atoms with E-state index in [-0.39, 0.29) is 23.2 Å². The van der Waals surface area contributed by atoms with Gasteiger partial charge in [0.25, 0.3) is 11.6 Å². The molecule has 1 aliphatic rings. The second-order valence-electron chi connectivity index (χ2n) is 6.23. The first kappa shape index (κ1) is 17.9. The second-order valence-corrected chi connectivity index (χ2v) is 6.23. The fourth-order valence-corrected chi connectivity index (χ4v) is 2.83. The molecule has 7 nitrogen and oxygen atoms in total. The van der Waals surface area contributed by atoms with Gasteiger partial charge in [0, 0.05) is 18.2 Å². The smallest absolute Gasteiger partial charge is 0.338 e. The number of nitrogens with zero attached hydrogens (tertiary/aromatic N) is 1. The average Bonchev–Trinajstić information content (AvgIpc) is 2.56. The maximum Gasteiger partial charge on any atom is 0.338 e. The molecule has 130 valence electrons. The van der Waals surface area contributed by atoms with Crippen LogP contribution in [0.3, 0.4) is 0 Å². The molecule has 0 heterocycles. The normalized spacial score (nSPS) is 21.6. The molecule has 3 atom stereocenters. The van der Waals surface area contributed by atoms with Crippen molar-refractivity contribution in [3.63, 3.8) is 0 Å². The first-order valence-electron chi connectivity index (χ1n) is 8.14. The Bertz CT molecular complexity index is 614. The Kier molecular flexibility index (Phi) is 5.89. The monoisotopic (exact) mass is 334 g/mol. The van der Waals surface area contributed by atoms with Crippen molar-refractivity contribution < 1.29 is 19.2 Å². The van der Waals surface area contributed by atoms with Gasteiger partial charge in [0.15, 0.2) is 6.10 Å². The van der Waals surface area contributed by atoms with E-state index in [1.54, 1.807) is 0 Å². The van der Waals surface area contributed by atoms with Crippen LogP contribution in [0.2, 0.25) is 0 Å². The highest BCUT2D eigenvalue weighted by Crippen LogP contribution is 2.23. The van der Waals surface area contributed by atoms with Gasteiger partial charge in [0.05, 0.1) is 10.5 Å². The molecule has 1 aromatic rings. The Balaban J connectivity index is 1.90. The summed E-state index contributed by atoms with van der Waals surface area (Å²) in [5, 5.41) is 13.5. The summed E-state index contributed by atoms with van der Waals surface area (Å²) < 4.78 is 5.15. The van der Waals surface area contributed by atoms with Gasteiger partial charge in [-0.05, 0) is 37.8 Å². The van der Waals surface area contributed by atoms with E-state index < -0.39 is 17.0 Å². The third-order valence-electron chi connectivity index (χ3n) is 4.41. The third-order valence-corrected chi connectivity index (χ3v) is 4.41. The number of nitro benzene ring substituents is 1. The van der Waals surface area contributed by atoms with E-state index in [9.17, 15) is 19.7 Å². The lowest BCUT2D eigenvalue weighted by Gasteiger charge is -2.30. The molecular formula is C17H22N2O5. The summed E-state index contributed by atoms with van der Waals surface area (Å²) in [6.07, 6.45) is 3.38. The minimum atomic E-state index is -0.915. The van der Waals surface area contributed by atoms with Crippen LogP contribution in [0.5, 0.6) is 0 Å². The zero-order chi connectivity index (χ0) is 17.7. The number of hydrogen-bond acceptors (Lipinski definition) is 5. The number of benzene rings is 1. The number of nitrogens with one attached hydrogen (secondary N) is 1. The van der Waals surface area contributed by atoms with Crippen molar-refractivity contribution >= 4 is 17.6 Å². The van der Waals surface area contributed by atoms with E-state index in [1.807, 2.05) is 0 Å². The highest BCUT2D eigenvalue weighted by Gasteiger charge is 2.26. The van der Waals surface area contributed by atoms with Crippen LogP contribution in [0.25, 0.3) is 0 Å². The van der Waals surface area contributed by atoms with Crippen molar-refractivity contribution in [2.24, 2.45) is 5.92 Å². The number of rotatable bonds is 5.